The predicted octanol–water partition coefficient (Wildman–Crippen LogP) is 1.58. The lowest BCUT2D eigenvalue weighted by Gasteiger charge is -2.15. The third kappa shape index (κ3) is 5.16. The van der Waals surface area contributed by atoms with E-state index in [2.05, 4.69) is 15.5 Å². The van der Waals surface area contributed by atoms with Crippen molar-refractivity contribution in [2.45, 2.75) is 24.1 Å². The molecule has 28 heavy (non-hydrogen) atoms. The number of amides is 2. The van der Waals surface area contributed by atoms with Crippen LogP contribution in [0.1, 0.15) is 12.8 Å². The smallest absolute Gasteiger partial charge is 0.277 e. The average Bonchev–Trinajstić information content (AvgIpc) is 3.38. The molecule has 1 N–H and O–H groups in total. The van der Waals surface area contributed by atoms with Gasteiger partial charge < -0.3 is 24.1 Å². The molecule has 1 aromatic carbocycles. The van der Waals surface area contributed by atoms with Crippen molar-refractivity contribution in [3.63, 3.8) is 0 Å². The fourth-order valence-corrected chi connectivity index (χ4v) is 3.10. The van der Waals surface area contributed by atoms with Gasteiger partial charge in [0.15, 0.2) is 11.5 Å². The van der Waals surface area contributed by atoms with Crippen LogP contribution in [0.3, 0.4) is 0 Å². The van der Waals surface area contributed by atoms with Crippen LogP contribution >= 0.6 is 11.8 Å². The number of nitrogens with one attached hydrogen (secondary N) is 1. The zero-order valence-corrected chi connectivity index (χ0v) is 16.7. The highest BCUT2D eigenvalue weighted by Crippen LogP contribution is 2.32. The normalized spacial score (nSPS) is 13.1. The molecule has 9 nitrogen and oxygen atoms in total. The Labute approximate surface area is 166 Å². The van der Waals surface area contributed by atoms with Crippen LogP contribution in [-0.2, 0) is 9.59 Å². The van der Waals surface area contributed by atoms with Crippen LogP contribution in [0, 0.1) is 0 Å². The largest absolute Gasteiger partial charge is 0.493 e. The Bertz CT molecular complexity index is 852. The van der Waals surface area contributed by atoms with E-state index < -0.39 is 0 Å². The van der Waals surface area contributed by atoms with Crippen LogP contribution in [0.4, 0.5) is 0 Å². The summed E-state index contributed by atoms with van der Waals surface area (Å²) in [6, 6.07) is 5.54. The van der Waals surface area contributed by atoms with Crippen LogP contribution in [0.15, 0.2) is 27.8 Å². The van der Waals surface area contributed by atoms with Crippen LogP contribution in [-0.4, -0.2) is 66.5 Å². The maximum absolute atomic E-state index is 12.2. The van der Waals surface area contributed by atoms with E-state index >= 15 is 0 Å². The van der Waals surface area contributed by atoms with Crippen LogP contribution in [0.25, 0.3) is 11.5 Å². The second kappa shape index (κ2) is 8.96. The van der Waals surface area contributed by atoms with Gasteiger partial charge in [-0.25, -0.2) is 0 Å². The summed E-state index contributed by atoms with van der Waals surface area (Å²) in [4.78, 5) is 25.3. The molecule has 1 aliphatic carbocycles. The van der Waals surface area contributed by atoms with E-state index in [4.69, 9.17) is 13.9 Å². The zero-order valence-electron chi connectivity index (χ0n) is 15.9. The molecular weight excluding hydrogens is 384 g/mol. The molecule has 0 spiro atoms. The predicted molar refractivity (Wildman–Crippen MR) is 102 cm³/mol. The fourth-order valence-electron chi connectivity index (χ4n) is 2.39. The summed E-state index contributed by atoms with van der Waals surface area (Å²) in [6.45, 7) is 0.0383. The second-order valence-electron chi connectivity index (χ2n) is 6.32. The van der Waals surface area contributed by atoms with E-state index in [1.54, 1.807) is 39.5 Å². The van der Waals surface area contributed by atoms with E-state index in [1.807, 2.05) is 0 Å². The van der Waals surface area contributed by atoms with Gasteiger partial charge in [0.2, 0.25) is 17.7 Å². The van der Waals surface area contributed by atoms with Gasteiger partial charge in [-0.1, -0.05) is 11.8 Å². The molecule has 1 saturated carbocycles. The third-order valence-electron chi connectivity index (χ3n) is 4.11. The molecule has 0 saturated heterocycles. The number of aromatic nitrogens is 2. The maximum atomic E-state index is 12.2. The third-order valence-corrected chi connectivity index (χ3v) is 4.91. The van der Waals surface area contributed by atoms with E-state index in [0.717, 1.165) is 24.6 Å². The summed E-state index contributed by atoms with van der Waals surface area (Å²) in [7, 11) is 4.70. The molecule has 0 bridgehead atoms. The summed E-state index contributed by atoms with van der Waals surface area (Å²) in [6.07, 6.45) is 2.03. The van der Waals surface area contributed by atoms with Gasteiger partial charge in [0.25, 0.3) is 5.22 Å². The Kier molecular flexibility index (Phi) is 6.40. The van der Waals surface area contributed by atoms with Gasteiger partial charge in [0.1, 0.15) is 0 Å². The van der Waals surface area contributed by atoms with Crippen molar-refractivity contribution in [2.24, 2.45) is 0 Å². The molecular formula is C18H22N4O5S. The minimum atomic E-state index is -0.193. The monoisotopic (exact) mass is 406 g/mol. The first-order valence-corrected chi connectivity index (χ1v) is 9.70. The highest BCUT2D eigenvalue weighted by molar-refractivity contribution is 7.99. The van der Waals surface area contributed by atoms with Gasteiger partial charge in [-0.3, -0.25) is 9.59 Å². The minimum absolute atomic E-state index is 0.0383. The Balaban J connectivity index is 1.54. The highest BCUT2D eigenvalue weighted by Gasteiger charge is 2.24. The molecule has 150 valence electrons. The van der Waals surface area contributed by atoms with Crippen LogP contribution in [0.2, 0.25) is 0 Å². The molecule has 1 heterocycles. The van der Waals surface area contributed by atoms with Gasteiger partial charge in [-0.15, -0.1) is 10.2 Å². The Hall–Kier alpha value is -2.75. The SMILES string of the molecule is COc1ccc(-c2nnc(SCC(=O)N(C)CC(=O)NC3CC3)o2)cc1OC. The quantitative estimate of drug-likeness (QED) is 0.626. The molecule has 3 rings (SSSR count). The van der Waals surface area contributed by atoms with E-state index in [1.165, 1.54) is 4.90 Å². The number of ether oxygens (including phenoxy) is 2. The molecule has 2 aromatic rings. The molecule has 1 fully saturated rings. The van der Waals surface area contributed by atoms with Crippen molar-refractivity contribution in [2.75, 3.05) is 33.6 Å². The summed E-state index contributed by atoms with van der Waals surface area (Å²) in [5.74, 6) is 1.22. The van der Waals surface area contributed by atoms with Crippen molar-refractivity contribution >= 4 is 23.6 Å². The molecule has 0 atom stereocenters. The number of carbonyl (C=O) groups is 2. The second-order valence-corrected chi connectivity index (χ2v) is 7.25. The van der Waals surface area contributed by atoms with Crippen molar-refractivity contribution in [3.8, 4) is 23.0 Å². The number of benzene rings is 1. The van der Waals surface area contributed by atoms with Crippen LogP contribution in [0.5, 0.6) is 11.5 Å². The van der Waals surface area contributed by atoms with Gasteiger partial charge in [0, 0.05) is 18.7 Å². The first-order valence-electron chi connectivity index (χ1n) is 8.72. The van der Waals surface area contributed by atoms with Gasteiger partial charge in [-0.05, 0) is 31.0 Å². The molecule has 1 aliphatic rings. The van der Waals surface area contributed by atoms with Gasteiger partial charge in [-0.2, -0.15) is 0 Å². The lowest BCUT2D eigenvalue weighted by Crippen LogP contribution is -2.39. The average molecular weight is 406 g/mol. The zero-order chi connectivity index (χ0) is 20.1. The Morgan fingerprint density at radius 2 is 2.00 bits per heavy atom. The number of thioether (sulfide) groups is 1. The highest BCUT2D eigenvalue weighted by atomic mass is 32.2. The number of carbonyl (C=O) groups excluding carboxylic acids is 2. The molecule has 10 heteroatoms. The number of rotatable bonds is 9. The number of hydrogen-bond donors (Lipinski definition) is 1. The number of methoxy groups -OCH3 is 2. The molecule has 0 unspecified atom stereocenters. The van der Waals surface area contributed by atoms with E-state index in [-0.39, 0.29) is 35.4 Å². The van der Waals surface area contributed by atoms with Crippen molar-refractivity contribution < 1.29 is 23.5 Å². The van der Waals surface area contributed by atoms with Gasteiger partial charge >= 0.3 is 0 Å². The Morgan fingerprint density at radius 3 is 2.68 bits per heavy atom. The fraction of sp³-hybridized carbons (Fsp3) is 0.444. The topological polar surface area (TPSA) is 107 Å². The van der Waals surface area contributed by atoms with E-state index in [9.17, 15) is 9.59 Å². The lowest BCUT2D eigenvalue weighted by molar-refractivity contribution is -0.132. The summed E-state index contributed by atoms with van der Waals surface area (Å²) < 4.78 is 16.1. The van der Waals surface area contributed by atoms with Crippen LogP contribution < -0.4 is 14.8 Å². The van der Waals surface area contributed by atoms with Crippen molar-refractivity contribution in [3.05, 3.63) is 18.2 Å². The summed E-state index contributed by atoms with van der Waals surface area (Å²) >= 11 is 1.12. The van der Waals surface area contributed by atoms with Crippen molar-refractivity contribution in [1.82, 2.24) is 20.4 Å². The summed E-state index contributed by atoms with van der Waals surface area (Å²) in [5, 5.41) is 11.1. The maximum Gasteiger partial charge on any atom is 0.277 e. The number of hydrogen-bond acceptors (Lipinski definition) is 8. The number of likely N-dealkylation sites (N-methyl/N-ethyl adjacent to an activating group) is 1. The van der Waals surface area contributed by atoms with Gasteiger partial charge in [0.05, 0.1) is 26.5 Å². The molecule has 1 aromatic heterocycles. The lowest BCUT2D eigenvalue weighted by atomic mass is 10.2. The minimum Gasteiger partial charge on any atom is -0.493 e. The molecule has 2 amide bonds. The first kappa shape index (κ1) is 20.0. The molecule has 0 aliphatic heterocycles. The summed E-state index contributed by atoms with van der Waals surface area (Å²) in [5.41, 5.74) is 0.678. The molecule has 0 radical (unpaired) electrons. The van der Waals surface area contributed by atoms with E-state index in [0.29, 0.717) is 23.0 Å². The standard InChI is InChI=1S/C18H22N4O5S/c1-22(9-15(23)19-12-5-6-12)16(24)10-28-18-21-20-17(27-18)11-4-7-13(25-2)14(8-11)26-3/h4,7-8,12H,5-6,9-10H2,1-3H3,(H,19,23). The Morgan fingerprint density at radius 1 is 1.25 bits per heavy atom. The van der Waals surface area contributed by atoms with Crippen molar-refractivity contribution in [1.29, 1.82) is 0 Å². The first-order chi connectivity index (χ1) is 13.5. The number of nitrogens with zero attached hydrogens (tertiary/aromatic N) is 3.